The topological polar surface area (TPSA) is 12.0 Å². The van der Waals surface area contributed by atoms with Crippen LogP contribution in [-0.4, -0.2) is 13.6 Å². The Bertz CT molecular complexity index is 338. The van der Waals surface area contributed by atoms with Gasteiger partial charge in [0, 0.05) is 0 Å². The number of hydrogen-bond acceptors (Lipinski definition) is 1. The highest BCUT2D eigenvalue weighted by atomic mass is 35.5. The molecule has 0 heterocycles. The van der Waals surface area contributed by atoms with Crippen molar-refractivity contribution in [2.75, 3.05) is 13.6 Å². The number of rotatable bonds is 3. The summed E-state index contributed by atoms with van der Waals surface area (Å²) in [5.41, 5.74) is 1.21. The highest BCUT2D eigenvalue weighted by Gasteiger charge is 2.38. The van der Waals surface area contributed by atoms with Crippen LogP contribution in [0.2, 0.25) is 10.0 Å². The highest BCUT2D eigenvalue weighted by Crippen LogP contribution is 2.50. The predicted octanol–water partition coefficient (Wildman–Crippen LogP) is 3.32. The Morgan fingerprint density at radius 2 is 2.21 bits per heavy atom. The zero-order chi connectivity index (χ0) is 10.1. The van der Waals surface area contributed by atoms with Gasteiger partial charge < -0.3 is 5.32 Å². The molecule has 1 fully saturated rings. The van der Waals surface area contributed by atoms with E-state index < -0.39 is 0 Å². The summed E-state index contributed by atoms with van der Waals surface area (Å²) in [5.74, 6) is 1.34. The van der Waals surface area contributed by atoms with Crippen LogP contribution in [0.25, 0.3) is 0 Å². The maximum absolute atomic E-state index is 6.14. The van der Waals surface area contributed by atoms with Crippen LogP contribution in [0.5, 0.6) is 0 Å². The normalized spacial score (nSPS) is 25.1. The molecule has 1 aliphatic carbocycles. The molecule has 0 radical (unpaired) electrons. The van der Waals surface area contributed by atoms with E-state index in [0.717, 1.165) is 17.5 Å². The predicted molar refractivity (Wildman–Crippen MR) is 61.2 cm³/mol. The van der Waals surface area contributed by atoms with Crippen LogP contribution < -0.4 is 5.32 Å². The van der Waals surface area contributed by atoms with Crippen molar-refractivity contribution in [2.45, 2.75) is 12.3 Å². The van der Waals surface area contributed by atoms with E-state index in [4.69, 9.17) is 23.2 Å². The number of nitrogens with one attached hydrogen (secondary N) is 1. The first kappa shape index (κ1) is 10.3. The fourth-order valence-corrected chi connectivity index (χ4v) is 2.37. The van der Waals surface area contributed by atoms with Gasteiger partial charge in [-0.2, -0.15) is 0 Å². The molecule has 1 aromatic rings. The third-order valence-electron chi connectivity index (χ3n) is 2.77. The minimum atomic E-state index is 0.605. The van der Waals surface area contributed by atoms with Gasteiger partial charge >= 0.3 is 0 Å². The average Bonchev–Trinajstić information content (AvgIpc) is 2.90. The highest BCUT2D eigenvalue weighted by molar-refractivity contribution is 6.42. The molecule has 14 heavy (non-hydrogen) atoms. The van der Waals surface area contributed by atoms with Crippen molar-refractivity contribution in [3.63, 3.8) is 0 Å². The second kappa shape index (κ2) is 4.09. The fourth-order valence-electron chi connectivity index (χ4n) is 1.92. The van der Waals surface area contributed by atoms with E-state index >= 15 is 0 Å². The lowest BCUT2D eigenvalue weighted by molar-refractivity contribution is 0.698. The Hall–Kier alpha value is -0.240. The summed E-state index contributed by atoms with van der Waals surface area (Å²) in [6.07, 6.45) is 1.22. The van der Waals surface area contributed by atoms with Crippen LogP contribution in [0.15, 0.2) is 18.2 Å². The number of halogens is 2. The van der Waals surface area contributed by atoms with E-state index in [1.54, 1.807) is 0 Å². The largest absolute Gasteiger partial charge is 0.319 e. The summed E-state index contributed by atoms with van der Waals surface area (Å²) in [7, 11) is 1.98. The average molecular weight is 230 g/mol. The molecule has 2 atom stereocenters. The molecule has 1 N–H and O–H groups in total. The number of hydrogen-bond donors (Lipinski definition) is 1. The van der Waals surface area contributed by atoms with E-state index in [1.165, 1.54) is 12.0 Å². The van der Waals surface area contributed by atoms with Crippen molar-refractivity contribution in [3.8, 4) is 0 Å². The van der Waals surface area contributed by atoms with Crippen LogP contribution in [0, 0.1) is 5.92 Å². The third-order valence-corrected chi connectivity index (χ3v) is 3.60. The van der Waals surface area contributed by atoms with Gasteiger partial charge in [-0.05, 0) is 43.5 Å². The molecule has 0 amide bonds. The van der Waals surface area contributed by atoms with Gasteiger partial charge in [0.25, 0.3) is 0 Å². The van der Waals surface area contributed by atoms with Gasteiger partial charge in [-0.3, -0.25) is 0 Å². The molecule has 2 rings (SSSR count). The van der Waals surface area contributed by atoms with Gasteiger partial charge in [0.05, 0.1) is 10.0 Å². The Morgan fingerprint density at radius 1 is 1.43 bits per heavy atom. The minimum Gasteiger partial charge on any atom is -0.319 e. The monoisotopic (exact) mass is 229 g/mol. The second-order valence-corrected chi connectivity index (χ2v) is 4.59. The van der Waals surface area contributed by atoms with Crippen LogP contribution in [0.3, 0.4) is 0 Å². The molecule has 0 aromatic heterocycles. The van der Waals surface area contributed by atoms with Gasteiger partial charge in [-0.25, -0.2) is 0 Å². The van der Waals surface area contributed by atoms with Crippen molar-refractivity contribution in [3.05, 3.63) is 33.8 Å². The molecule has 1 aliphatic rings. The lowest BCUT2D eigenvalue weighted by Gasteiger charge is -2.04. The summed E-state index contributed by atoms with van der Waals surface area (Å²) in [6, 6.07) is 5.88. The standard InChI is InChI=1S/C11H13Cl2N/c1-14-6-7-5-9(7)8-3-2-4-10(12)11(8)13/h2-4,7,9,14H,5-6H2,1H3/t7-,9-/m1/s1. The van der Waals surface area contributed by atoms with Gasteiger partial charge in [-0.1, -0.05) is 35.3 Å². The maximum atomic E-state index is 6.14. The summed E-state index contributed by atoms with van der Waals surface area (Å²) in [5, 5.41) is 4.59. The Kier molecular flexibility index (Phi) is 3.01. The van der Waals surface area contributed by atoms with Gasteiger partial charge in [0.15, 0.2) is 0 Å². The van der Waals surface area contributed by atoms with Crippen LogP contribution in [0.4, 0.5) is 0 Å². The number of benzene rings is 1. The molecule has 1 saturated carbocycles. The van der Waals surface area contributed by atoms with Crippen molar-refractivity contribution in [1.82, 2.24) is 5.32 Å². The first-order valence-electron chi connectivity index (χ1n) is 4.82. The molecule has 3 heteroatoms. The van der Waals surface area contributed by atoms with Crippen LogP contribution in [-0.2, 0) is 0 Å². The maximum Gasteiger partial charge on any atom is 0.0627 e. The van der Waals surface area contributed by atoms with E-state index in [-0.39, 0.29) is 0 Å². The molecule has 0 saturated heterocycles. The second-order valence-electron chi connectivity index (χ2n) is 3.80. The molecule has 0 unspecified atom stereocenters. The Morgan fingerprint density at radius 3 is 2.93 bits per heavy atom. The molecule has 1 nitrogen and oxygen atoms in total. The van der Waals surface area contributed by atoms with Gasteiger partial charge in [-0.15, -0.1) is 0 Å². The van der Waals surface area contributed by atoms with Crippen LogP contribution >= 0.6 is 23.2 Å². The van der Waals surface area contributed by atoms with Gasteiger partial charge in [0.2, 0.25) is 0 Å². The van der Waals surface area contributed by atoms with Crippen LogP contribution in [0.1, 0.15) is 17.9 Å². The Labute approximate surface area is 94.4 Å². The smallest absolute Gasteiger partial charge is 0.0627 e. The van der Waals surface area contributed by atoms with Crippen molar-refractivity contribution >= 4 is 23.2 Å². The molecule has 76 valence electrons. The van der Waals surface area contributed by atoms with Crippen molar-refractivity contribution in [1.29, 1.82) is 0 Å². The first-order valence-corrected chi connectivity index (χ1v) is 5.58. The molecular formula is C11H13Cl2N. The fraction of sp³-hybridized carbons (Fsp3) is 0.455. The summed E-state index contributed by atoms with van der Waals surface area (Å²) >= 11 is 12.1. The van der Waals surface area contributed by atoms with E-state index in [2.05, 4.69) is 11.4 Å². The van der Waals surface area contributed by atoms with E-state index in [0.29, 0.717) is 10.9 Å². The summed E-state index contributed by atoms with van der Waals surface area (Å²) < 4.78 is 0. The molecule has 1 aromatic carbocycles. The SMILES string of the molecule is CNC[C@H]1C[C@H]1c1cccc(Cl)c1Cl. The van der Waals surface area contributed by atoms with Crippen molar-refractivity contribution < 1.29 is 0 Å². The first-order chi connectivity index (χ1) is 6.74. The third kappa shape index (κ3) is 1.90. The lowest BCUT2D eigenvalue weighted by atomic mass is 10.1. The zero-order valence-electron chi connectivity index (χ0n) is 8.06. The minimum absolute atomic E-state index is 0.605. The Balaban J connectivity index is 2.15. The molecular weight excluding hydrogens is 217 g/mol. The molecule has 0 bridgehead atoms. The summed E-state index contributed by atoms with van der Waals surface area (Å²) in [4.78, 5) is 0. The van der Waals surface area contributed by atoms with E-state index in [9.17, 15) is 0 Å². The molecule has 0 aliphatic heterocycles. The van der Waals surface area contributed by atoms with Crippen molar-refractivity contribution in [2.24, 2.45) is 5.92 Å². The lowest BCUT2D eigenvalue weighted by Crippen LogP contribution is -2.10. The quantitative estimate of drug-likeness (QED) is 0.839. The molecule has 0 spiro atoms. The van der Waals surface area contributed by atoms with Gasteiger partial charge in [0.1, 0.15) is 0 Å². The van der Waals surface area contributed by atoms with E-state index in [1.807, 2.05) is 19.2 Å². The summed E-state index contributed by atoms with van der Waals surface area (Å²) in [6.45, 7) is 1.06. The zero-order valence-corrected chi connectivity index (χ0v) is 9.57.